The van der Waals surface area contributed by atoms with Crippen LogP contribution < -0.4 is 14.8 Å². The first kappa shape index (κ1) is 10.9. The second-order valence-electron chi connectivity index (χ2n) is 4.01. The van der Waals surface area contributed by atoms with E-state index in [1.807, 2.05) is 24.3 Å². The Balaban J connectivity index is 1.72. The summed E-state index contributed by atoms with van der Waals surface area (Å²) >= 11 is 0. The third-order valence-corrected chi connectivity index (χ3v) is 2.81. The summed E-state index contributed by atoms with van der Waals surface area (Å²) in [6, 6.07) is 12.3. The van der Waals surface area contributed by atoms with Crippen LogP contribution in [0.25, 0.3) is 0 Å². The van der Waals surface area contributed by atoms with Gasteiger partial charge in [0.25, 0.3) is 0 Å². The minimum absolute atomic E-state index is 0.203. The predicted octanol–water partition coefficient (Wildman–Crippen LogP) is 3.17. The molecular weight excluding hydrogens is 233 g/mol. The fraction of sp³-hybridized carbons (Fsp3) is 0.143. The van der Waals surface area contributed by atoms with Gasteiger partial charge in [-0.05, 0) is 18.2 Å². The van der Waals surface area contributed by atoms with Gasteiger partial charge in [0.05, 0.1) is 0 Å². The number of ether oxygens (including phenoxy) is 2. The van der Waals surface area contributed by atoms with Gasteiger partial charge in [0.1, 0.15) is 5.82 Å². The van der Waals surface area contributed by atoms with Gasteiger partial charge in [-0.2, -0.15) is 0 Å². The first-order valence-electron chi connectivity index (χ1n) is 5.70. The number of rotatable bonds is 3. The summed E-state index contributed by atoms with van der Waals surface area (Å²) < 4.78 is 23.9. The van der Waals surface area contributed by atoms with Crippen molar-refractivity contribution in [1.82, 2.24) is 0 Å². The van der Waals surface area contributed by atoms with E-state index in [9.17, 15) is 4.39 Å². The average molecular weight is 245 g/mol. The molecule has 0 aromatic heterocycles. The Kier molecular flexibility index (Phi) is 2.76. The zero-order valence-electron chi connectivity index (χ0n) is 9.65. The molecule has 0 unspecified atom stereocenters. The molecule has 1 heterocycles. The zero-order chi connectivity index (χ0) is 12.4. The highest BCUT2D eigenvalue weighted by Gasteiger charge is 2.13. The zero-order valence-corrected chi connectivity index (χ0v) is 9.65. The lowest BCUT2D eigenvalue weighted by Crippen LogP contribution is -2.01. The van der Waals surface area contributed by atoms with E-state index in [0.717, 1.165) is 11.4 Å². The average Bonchev–Trinajstić information content (AvgIpc) is 2.85. The van der Waals surface area contributed by atoms with Crippen molar-refractivity contribution in [2.24, 2.45) is 0 Å². The Hall–Kier alpha value is -2.23. The van der Waals surface area contributed by atoms with Crippen molar-refractivity contribution in [3.8, 4) is 11.5 Å². The van der Waals surface area contributed by atoms with E-state index >= 15 is 0 Å². The van der Waals surface area contributed by atoms with E-state index in [1.165, 1.54) is 6.07 Å². The molecule has 0 saturated carbocycles. The van der Waals surface area contributed by atoms with E-state index in [1.54, 1.807) is 12.1 Å². The van der Waals surface area contributed by atoms with Crippen molar-refractivity contribution >= 4 is 5.69 Å². The van der Waals surface area contributed by atoms with Crippen molar-refractivity contribution in [2.45, 2.75) is 6.54 Å². The topological polar surface area (TPSA) is 30.5 Å². The molecule has 2 aromatic rings. The standard InChI is InChI=1S/C14H12FNO2/c15-12-4-2-1-3-10(12)8-16-11-5-6-13-14(7-11)18-9-17-13/h1-7,16H,8-9H2. The van der Waals surface area contributed by atoms with Crippen LogP contribution in [0.15, 0.2) is 42.5 Å². The maximum atomic E-state index is 13.4. The molecule has 0 amide bonds. The van der Waals surface area contributed by atoms with Gasteiger partial charge >= 0.3 is 0 Å². The van der Waals surface area contributed by atoms with Crippen LogP contribution in [0.4, 0.5) is 10.1 Å². The van der Waals surface area contributed by atoms with Gasteiger partial charge in [0.15, 0.2) is 11.5 Å². The molecule has 3 nitrogen and oxygen atoms in total. The van der Waals surface area contributed by atoms with Crippen LogP contribution >= 0.6 is 0 Å². The SMILES string of the molecule is Fc1ccccc1CNc1ccc2c(c1)OCO2. The van der Waals surface area contributed by atoms with E-state index in [2.05, 4.69) is 5.32 Å². The summed E-state index contributed by atoms with van der Waals surface area (Å²) in [6.07, 6.45) is 0. The molecular formula is C14H12FNO2. The lowest BCUT2D eigenvalue weighted by Gasteiger charge is -2.08. The normalized spacial score (nSPS) is 12.5. The van der Waals surface area contributed by atoms with Crippen LogP contribution in [0.2, 0.25) is 0 Å². The van der Waals surface area contributed by atoms with Crippen molar-refractivity contribution < 1.29 is 13.9 Å². The van der Waals surface area contributed by atoms with Crippen LogP contribution in [-0.4, -0.2) is 6.79 Å². The Morgan fingerprint density at radius 1 is 1.06 bits per heavy atom. The van der Waals surface area contributed by atoms with Gasteiger partial charge in [0.2, 0.25) is 6.79 Å². The number of hydrogen-bond acceptors (Lipinski definition) is 3. The molecule has 0 atom stereocenters. The Labute approximate surface area is 104 Å². The molecule has 18 heavy (non-hydrogen) atoms. The maximum absolute atomic E-state index is 13.4. The van der Waals surface area contributed by atoms with E-state index < -0.39 is 0 Å². The van der Waals surface area contributed by atoms with Crippen molar-refractivity contribution in [1.29, 1.82) is 0 Å². The Morgan fingerprint density at radius 3 is 2.78 bits per heavy atom. The summed E-state index contributed by atoms with van der Waals surface area (Å²) in [5.41, 5.74) is 1.51. The molecule has 0 radical (unpaired) electrons. The highest BCUT2D eigenvalue weighted by atomic mass is 19.1. The molecule has 0 fully saturated rings. The first-order valence-corrected chi connectivity index (χ1v) is 5.70. The minimum atomic E-state index is -0.203. The fourth-order valence-electron chi connectivity index (χ4n) is 1.85. The van der Waals surface area contributed by atoms with Crippen LogP contribution in [0.5, 0.6) is 11.5 Å². The smallest absolute Gasteiger partial charge is 0.231 e. The highest BCUT2D eigenvalue weighted by molar-refractivity contribution is 5.55. The van der Waals surface area contributed by atoms with E-state index in [0.29, 0.717) is 17.9 Å². The number of benzene rings is 2. The largest absolute Gasteiger partial charge is 0.454 e. The summed E-state index contributed by atoms with van der Waals surface area (Å²) in [7, 11) is 0. The highest BCUT2D eigenvalue weighted by Crippen LogP contribution is 2.34. The molecule has 0 saturated heterocycles. The predicted molar refractivity (Wildman–Crippen MR) is 66.3 cm³/mol. The third-order valence-electron chi connectivity index (χ3n) is 2.81. The molecule has 92 valence electrons. The molecule has 3 rings (SSSR count). The van der Waals surface area contributed by atoms with Crippen molar-refractivity contribution in [3.63, 3.8) is 0 Å². The van der Waals surface area contributed by atoms with Gasteiger partial charge in [-0.15, -0.1) is 0 Å². The third kappa shape index (κ3) is 2.09. The minimum Gasteiger partial charge on any atom is -0.454 e. The van der Waals surface area contributed by atoms with Gasteiger partial charge < -0.3 is 14.8 Å². The lowest BCUT2D eigenvalue weighted by molar-refractivity contribution is 0.174. The monoisotopic (exact) mass is 245 g/mol. The molecule has 0 spiro atoms. The maximum Gasteiger partial charge on any atom is 0.231 e. The summed E-state index contributed by atoms with van der Waals surface area (Å²) in [6.45, 7) is 0.693. The molecule has 1 N–H and O–H groups in total. The molecule has 2 aromatic carbocycles. The lowest BCUT2D eigenvalue weighted by atomic mass is 10.2. The van der Waals surface area contributed by atoms with E-state index in [-0.39, 0.29) is 12.6 Å². The van der Waals surface area contributed by atoms with Crippen LogP contribution in [0.1, 0.15) is 5.56 Å². The number of hydrogen-bond donors (Lipinski definition) is 1. The molecule has 1 aliphatic rings. The van der Waals surface area contributed by atoms with Crippen molar-refractivity contribution in [3.05, 3.63) is 53.8 Å². The second kappa shape index (κ2) is 4.56. The molecule has 0 bridgehead atoms. The molecule has 0 aliphatic carbocycles. The fourth-order valence-corrected chi connectivity index (χ4v) is 1.85. The van der Waals surface area contributed by atoms with Gasteiger partial charge in [-0.25, -0.2) is 4.39 Å². The second-order valence-corrected chi connectivity index (χ2v) is 4.01. The summed E-state index contributed by atoms with van der Waals surface area (Å²) in [5, 5.41) is 3.16. The number of fused-ring (bicyclic) bond motifs is 1. The molecule has 4 heteroatoms. The van der Waals surface area contributed by atoms with Crippen LogP contribution in [0, 0.1) is 5.82 Å². The van der Waals surface area contributed by atoms with Gasteiger partial charge in [0, 0.05) is 23.9 Å². The van der Waals surface area contributed by atoms with Gasteiger partial charge in [-0.1, -0.05) is 18.2 Å². The Bertz CT molecular complexity index is 571. The molecule has 1 aliphatic heterocycles. The van der Waals surface area contributed by atoms with Crippen LogP contribution in [-0.2, 0) is 6.54 Å². The quantitative estimate of drug-likeness (QED) is 0.901. The number of nitrogens with one attached hydrogen (secondary N) is 1. The number of halogens is 1. The van der Waals surface area contributed by atoms with E-state index in [4.69, 9.17) is 9.47 Å². The first-order chi connectivity index (χ1) is 8.83. The van der Waals surface area contributed by atoms with Crippen molar-refractivity contribution in [2.75, 3.05) is 12.1 Å². The summed E-state index contributed by atoms with van der Waals surface area (Å²) in [5.74, 6) is 1.26. The van der Waals surface area contributed by atoms with Gasteiger partial charge in [-0.3, -0.25) is 0 Å². The summed E-state index contributed by atoms with van der Waals surface area (Å²) in [4.78, 5) is 0. The number of anilines is 1. The Morgan fingerprint density at radius 2 is 1.89 bits per heavy atom. The van der Waals surface area contributed by atoms with Crippen LogP contribution in [0.3, 0.4) is 0 Å².